The summed E-state index contributed by atoms with van der Waals surface area (Å²) in [6.45, 7) is 6.91. The minimum absolute atomic E-state index is 0.113. The van der Waals surface area contributed by atoms with Gasteiger partial charge in [0.1, 0.15) is 12.4 Å². The molecule has 0 aliphatic rings. The van der Waals surface area contributed by atoms with Crippen LogP contribution in [-0.4, -0.2) is 16.6 Å². The van der Waals surface area contributed by atoms with Gasteiger partial charge >= 0.3 is 0 Å². The SMILES string of the molecule is CCOCc1nc(C(C)C)cc(=O)[nH]1. The number of ether oxygens (including phenoxy) is 1. The highest BCUT2D eigenvalue weighted by Crippen LogP contribution is 2.08. The van der Waals surface area contributed by atoms with Crippen molar-refractivity contribution in [3.63, 3.8) is 0 Å². The summed E-state index contributed by atoms with van der Waals surface area (Å²) in [7, 11) is 0. The smallest absolute Gasteiger partial charge is 0.251 e. The topological polar surface area (TPSA) is 55.0 Å². The molecule has 1 aromatic rings. The van der Waals surface area contributed by atoms with Crippen LogP contribution in [-0.2, 0) is 11.3 Å². The molecular weight excluding hydrogens is 180 g/mol. The van der Waals surface area contributed by atoms with E-state index in [1.807, 2.05) is 20.8 Å². The fraction of sp³-hybridized carbons (Fsp3) is 0.600. The van der Waals surface area contributed by atoms with Gasteiger partial charge in [-0.05, 0) is 12.8 Å². The predicted molar refractivity (Wildman–Crippen MR) is 54.3 cm³/mol. The van der Waals surface area contributed by atoms with E-state index in [4.69, 9.17) is 4.74 Å². The average molecular weight is 196 g/mol. The Bertz CT molecular complexity index is 344. The van der Waals surface area contributed by atoms with Crippen molar-refractivity contribution >= 4 is 0 Å². The zero-order valence-corrected chi connectivity index (χ0v) is 8.83. The van der Waals surface area contributed by atoms with Gasteiger partial charge in [0.15, 0.2) is 0 Å². The Kier molecular flexibility index (Phi) is 3.83. The predicted octanol–water partition coefficient (Wildman–Crippen LogP) is 1.43. The van der Waals surface area contributed by atoms with Crippen LogP contribution in [0, 0.1) is 0 Å². The summed E-state index contributed by atoms with van der Waals surface area (Å²) in [6, 6.07) is 1.53. The van der Waals surface area contributed by atoms with Gasteiger partial charge < -0.3 is 9.72 Å². The number of nitrogens with one attached hydrogen (secondary N) is 1. The highest BCUT2D eigenvalue weighted by Gasteiger charge is 2.04. The normalized spacial score (nSPS) is 10.9. The first-order chi connectivity index (χ1) is 6.63. The zero-order chi connectivity index (χ0) is 10.6. The Labute approximate surface area is 83.3 Å². The number of aromatic amines is 1. The van der Waals surface area contributed by atoms with Gasteiger partial charge in [0.2, 0.25) is 0 Å². The van der Waals surface area contributed by atoms with Crippen LogP contribution < -0.4 is 5.56 Å². The average Bonchev–Trinajstić information content (AvgIpc) is 2.14. The number of aromatic nitrogens is 2. The lowest BCUT2D eigenvalue weighted by Crippen LogP contribution is -2.14. The van der Waals surface area contributed by atoms with Crippen molar-refractivity contribution in [2.45, 2.75) is 33.3 Å². The van der Waals surface area contributed by atoms with E-state index in [1.165, 1.54) is 6.07 Å². The van der Waals surface area contributed by atoms with Crippen molar-refractivity contribution in [1.29, 1.82) is 0 Å². The maximum atomic E-state index is 11.2. The minimum atomic E-state index is -0.113. The van der Waals surface area contributed by atoms with Gasteiger partial charge in [0, 0.05) is 12.7 Å². The molecule has 0 bridgehead atoms. The van der Waals surface area contributed by atoms with E-state index in [-0.39, 0.29) is 11.5 Å². The molecule has 0 aliphatic heterocycles. The molecule has 0 radical (unpaired) electrons. The van der Waals surface area contributed by atoms with Crippen molar-refractivity contribution in [3.05, 3.63) is 27.9 Å². The molecular formula is C10H16N2O2. The molecule has 4 nitrogen and oxygen atoms in total. The van der Waals surface area contributed by atoms with Crippen LogP contribution in [0.25, 0.3) is 0 Å². The van der Waals surface area contributed by atoms with Crippen molar-refractivity contribution < 1.29 is 4.74 Å². The molecule has 1 N–H and O–H groups in total. The van der Waals surface area contributed by atoms with Gasteiger partial charge in [-0.3, -0.25) is 4.79 Å². The third-order valence-corrected chi connectivity index (χ3v) is 1.84. The molecule has 0 unspecified atom stereocenters. The van der Waals surface area contributed by atoms with E-state index in [2.05, 4.69) is 9.97 Å². The molecule has 4 heteroatoms. The first kappa shape index (κ1) is 10.9. The number of nitrogens with zero attached hydrogens (tertiary/aromatic N) is 1. The second kappa shape index (κ2) is 4.91. The molecule has 0 saturated heterocycles. The summed E-state index contributed by atoms with van der Waals surface area (Å²) in [4.78, 5) is 18.2. The maximum Gasteiger partial charge on any atom is 0.251 e. The summed E-state index contributed by atoms with van der Waals surface area (Å²) < 4.78 is 5.18. The maximum absolute atomic E-state index is 11.2. The fourth-order valence-electron chi connectivity index (χ4n) is 1.09. The highest BCUT2D eigenvalue weighted by molar-refractivity contribution is 5.06. The third-order valence-electron chi connectivity index (χ3n) is 1.84. The van der Waals surface area contributed by atoms with Crippen molar-refractivity contribution in [2.75, 3.05) is 6.61 Å². The minimum Gasteiger partial charge on any atom is -0.374 e. The Morgan fingerprint density at radius 2 is 2.29 bits per heavy atom. The van der Waals surface area contributed by atoms with Gasteiger partial charge in [-0.1, -0.05) is 13.8 Å². The largest absolute Gasteiger partial charge is 0.374 e. The van der Waals surface area contributed by atoms with Gasteiger partial charge in [-0.25, -0.2) is 4.98 Å². The lowest BCUT2D eigenvalue weighted by Gasteiger charge is -2.06. The second-order valence-electron chi connectivity index (χ2n) is 3.41. The monoisotopic (exact) mass is 196 g/mol. The molecule has 78 valence electrons. The molecule has 1 aromatic heterocycles. The zero-order valence-electron chi connectivity index (χ0n) is 8.83. The Morgan fingerprint density at radius 1 is 1.57 bits per heavy atom. The lowest BCUT2D eigenvalue weighted by molar-refractivity contribution is 0.128. The fourth-order valence-corrected chi connectivity index (χ4v) is 1.09. The molecule has 1 heterocycles. The van der Waals surface area contributed by atoms with E-state index < -0.39 is 0 Å². The quantitative estimate of drug-likeness (QED) is 0.792. The van der Waals surface area contributed by atoms with E-state index in [0.717, 1.165) is 5.69 Å². The van der Waals surface area contributed by atoms with E-state index in [1.54, 1.807) is 0 Å². The Balaban J connectivity index is 2.90. The van der Waals surface area contributed by atoms with E-state index in [0.29, 0.717) is 19.0 Å². The van der Waals surface area contributed by atoms with Gasteiger partial charge in [0.25, 0.3) is 5.56 Å². The summed E-state index contributed by atoms with van der Waals surface area (Å²) in [5.41, 5.74) is 0.696. The van der Waals surface area contributed by atoms with E-state index >= 15 is 0 Å². The highest BCUT2D eigenvalue weighted by atomic mass is 16.5. The standard InChI is InChI=1S/C10H16N2O2/c1-4-14-6-9-11-8(7(2)3)5-10(13)12-9/h5,7H,4,6H2,1-3H3,(H,11,12,13). The third kappa shape index (κ3) is 2.96. The van der Waals surface area contributed by atoms with Crippen LogP contribution in [0.1, 0.15) is 38.2 Å². The van der Waals surface area contributed by atoms with Gasteiger partial charge in [-0.2, -0.15) is 0 Å². The van der Waals surface area contributed by atoms with Crippen LogP contribution in [0.3, 0.4) is 0 Å². The lowest BCUT2D eigenvalue weighted by atomic mass is 10.1. The van der Waals surface area contributed by atoms with Gasteiger partial charge in [-0.15, -0.1) is 0 Å². The molecule has 0 atom stereocenters. The molecule has 1 rings (SSSR count). The summed E-state index contributed by atoms with van der Waals surface area (Å²) in [5, 5.41) is 0. The molecule has 14 heavy (non-hydrogen) atoms. The van der Waals surface area contributed by atoms with Crippen LogP contribution in [0.15, 0.2) is 10.9 Å². The van der Waals surface area contributed by atoms with Crippen LogP contribution in [0.4, 0.5) is 0 Å². The molecule has 0 aromatic carbocycles. The number of hydrogen-bond donors (Lipinski definition) is 1. The number of H-pyrrole nitrogens is 1. The Hall–Kier alpha value is -1.16. The van der Waals surface area contributed by atoms with Crippen molar-refractivity contribution in [3.8, 4) is 0 Å². The summed E-state index contributed by atoms with van der Waals surface area (Å²) in [5.74, 6) is 0.862. The second-order valence-corrected chi connectivity index (χ2v) is 3.41. The molecule has 0 saturated carbocycles. The summed E-state index contributed by atoms with van der Waals surface area (Å²) >= 11 is 0. The van der Waals surface area contributed by atoms with Gasteiger partial charge in [0.05, 0.1) is 5.69 Å². The molecule has 0 amide bonds. The molecule has 0 spiro atoms. The van der Waals surface area contributed by atoms with Crippen LogP contribution in [0.2, 0.25) is 0 Å². The first-order valence-corrected chi connectivity index (χ1v) is 4.81. The molecule has 0 aliphatic carbocycles. The van der Waals surface area contributed by atoms with Crippen LogP contribution >= 0.6 is 0 Å². The van der Waals surface area contributed by atoms with Crippen LogP contribution in [0.5, 0.6) is 0 Å². The van der Waals surface area contributed by atoms with Crippen molar-refractivity contribution in [2.24, 2.45) is 0 Å². The number of rotatable bonds is 4. The summed E-state index contributed by atoms with van der Waals surface area (Å²) in [6.07, 6.45) is 0. The number of hydrogen-bond acceptors (Lipinski definition) is 3. The van der Waals surface area contributed by atoms with E-state index in [9.17, 15) is 4.79 Å². The Morgan fingerprint density at radius 3 is 2.86 bits per heavy atom. The first-order valence-electron chi connectivity index (χ1n) is 4.81. The molecule has 0 fully saturated rings. The van der Waals surface area contributed by atoms with Crippen molar-refractivity contribution in [1.82, 2.24) is 9.97 Å².